The zero-order valence-corrected chi connectivity index (χ0v) is 10.9. The molecule has 0 bridgehead atoms. The van der Waals surface area contributed by atoms with Gasteiger partial charge in [0.15, 0.2) is 5.69 Å². The molecule has 104 valence electrons. The monoisotopic (exact) mass is 291 g/mol. The fourth-order valence-corrected chi connectivity index (χ4v) is 2.12. The highest BCUT2D eigenvalue weighted by Crippen LogP contribution is 2.27. The molecular formula is C10H12F3N5S. The van der Waals surface area contributed by atoms with E-state index in [1.807, 2.05) is 6.92 Å². The predicted molar refractivity (Wildman–Crippen MR) is 65.0 cm³/mol. The highest BCUT2D eigenvalue weighted by atomic mass is 32.1. The van der Waals surface area contributed by atoms with Gasteiger partial charge in [0.2, 0.25) is 5.13 Å². The molecule has 0 spiro atoms. The summed E-state index contributed by atoms with van der Waals surface area (Å²) < 4.78 is 38.3. The molecule has 5 nitrogen and oxygen atoms in total. The summed E-state index contributed by atoms with van der Waals surface area (Å²) in [6.07, 6.45) is -2.17. The maximum Gasteiger partial charge on any atom is 0.435 e. The number of aromatic nitrogens is 4. The van der Waals surface area contributed by atoms with Gasteiger partial charge < -0.3 is 5.32 Å². The van der Waals surface area contributed by atoms with Gasteiger partial charge in [0.05, 0.1) is 6.54 Å². The van der Waals surface area contributed by atoms with Gasteiger partial charge in [0.1, 0.15) is 5.01 Å². The van der Waals surface area contributed by atoms with Gasteiger partial charge >= 0.3 is 6.18 Å². The van der Waals surface area contributed by atoms with E-state index >= 15 is 0 Å². The van der Waals surface area contributed by atoms with Crippen LogP contribution in [0, 0.1) is 0 Å². The molecule has 0 fully saturated rings. The molecule has 0 aromatic carbocycles. The van der Waals surface area contributed by atoms with Crippen molar-refractivity contribution in [3.63, 3.8) is 0 Å². The number of hydrogen-bond donors (Lipinski definition) is 1. The topological polar surface area (TPSA) is 55.6 Å². The SMILES string of the molecule is CCCNc1nnc(Cn2ccc(C(F)(F)F)n2)s1. The van der Waals surface area contributed by atoms with Gasteiger partial charge in [-0.15, -0.1) is 10.2 Å². The zero-order chi connectivity index (χ0) is 13.9. The highest BCUT2D eigenvalue weighted by Gasteiger charge is 2.33. The molecule has 0 saturated carbocycles. The van der Waals surface area contributed by atoms with Crippen molar-refractivity contribution in [1.29, 1.82) is 0 Å². The first kappa shape index (κ1) is 13.8. The summed E-state index contributed by atoms with van der Waals surface area (Å²) in [5.74, 6) is 0. The molecule has 0 atom stereocenters. The Morgan fingerprint density at radius 2 is 2.16 bits per heavy atom. The molecule has 19 heavy (non-hydrogen) atoms. The summed E-state index contributed by atoms with van der Waals surface area (Å²) >= 11 is 1.31. The van der Waals surface area contributed by atoms with Crippen LogP contribution in [0.2, 0.25) is 0 Å². The first-order valence-corrected chi connectivity index (χ1v) is 6.47. The maximum absolute atomic E-state index is 12.4. The van der Waals surface area contributed by atoms with Gasteiger partial charge in [-0.05, 0) is 12.5 Å². The van der Waals surface area contributed by atoms with E-state index in [0.717, 1.165) is 19.0 Å². The molecule has 2 heterocycles. The number of hydrogen-bond acceptors (Lipinski definition) is 5. The molecule has 9 heteroatoms. The molecule has 1 N–H and O–H groups in total. The summed E-state index contributed by atoms with van der Waals surface area (Å²) in [5.41, 5.74) is -0.902. The van der Waals surface area contributed by atoms with Crippen molar-refractivity contribution in [2.24, 2.45) is 0 Å². The van der Waals surface area contributed by atoms with E-state index < -0.39 is 11.9 Å². The smallest absolute Gasteiger partial charge is 0.360 e. The van der Waals surface area contributed by atoms with Crippen LogP contribution in [-0.2, 0) is 12.7 Å². The van der Waals surface area contributed by atoms with E-state index in [2.05, 4.69) is 20.6 Å². The summed E-state index contributed by atoms with van der Waals surface area (Å²) in [6, 6.07) is 0.942. The number of anilines is 1. The molecule has 2 rings (SSSR count). The first-order valence-electron chi connectivity index (χ1n) is 5.66. The lowest BCUT2D eigenvalue weighted by molar-refractivity contribution is -0.141. The molecule has 0 radical (unpaired) electrons. The minimum atomic E-state index is -4.42. The van der Waals surface area contributed by atoms with E-state index in [9.17, 15) is 13.2 Å². The van der Waals surface area contributed by atoms with Gasteiger partial charge in [-0.1, -0.05) is 18.3 Å². The summed E-state index contributed by atoms with van der Waals surface area (Å²) in [5, 5.41) is 15.6. The van der Waals surface area contributed by atoms with Crippen LogP contribution in [0.15, 0.2) is 12.3 Å². The second-order valence-electron chi connectivity index (χ2n) is 3.82. The van der Waals surface area contributed by atoms with E-state index in [-0.39, 0.29) is 6.54 Å². The Kier molecular flexibility index (Phi) is 4.03. The third kappa shape index (κ3) is 3.66. The maximum atomic E-state index is 12.4. The number of alkyl halides is 3. The molecular weight excluding hydrogens is 279 g/mol. The van der Waals surface area contributed by atoms with Crippen LogP contribution in [-0.4, -0.2) is 26.5 Å². The van der Waals surface area contributed by atoms with Crippen LogP contribution < -0.4 is 5.32 Å². The average Bonchev–Trinajstić information content (AvgIpc) is 2.95. The third-order valence-corrected chi connectivity index (χ3v) is 3.09. The molecule has 2 aromatic rings. The van der Waals surface area contributed by atoms with Crippen molar-refractivity contribution >= 4 is 16.5 Å². The molecule has 0 amide bonds. The van der Waals surface area contributed by atoms with Crippen molar-refractivity contribution in [2.45, 2.75) is 26.1 Å². The largest absolute Gasteiger partial charge is 0.435 e. The lowest BCUT2D eigenvalue weighted by Gasteiger charge is -2.00. The molecule has 0 unspecified atom stereocenters. The zero-order valence-electron chi connectivity index (χ0n) is 10.1. The lowest BCUT2D eigenvalue weighted by Crippen LogP contribution is -2.08. The molecule has 0 aliphatic carbocycles. The Balaban J connectivity index is 2.01. The minimum absolute atomic E-state index is 0.182. The molecule has 2 aromatic heterocycles. The molecule has 0 saturated heterocycles. The Bertz CT molecular complexity index is 533. The van der Waals surface area contributed by atoms with Gasteiger partial charge in [0, 0.05) is 12.7 Å². The number of nitrogens with zero attached hydrogens (tertiary/aromatic N) is 4. The van der Waals surface area contributed by atoms with Crippen LogP contribution in [0.25, 0.3) is 0 Å². The van der Waals surface area contributed by atoms with Crippen molar-refractivity contribution in [1.82, 2.24) is 20.0 Å². The standard InChI is InChI=1S/C10H12F3N5S/c1-2-4-14-9-16-15-8(19-9)6-18-5-3-7(17-18)10(11,12)13/h3,5H,2,4,6H2,1H3,(H,14,16). The summed E-state index contributed by atoms with van der Waals surface area (Å²) in [4.78, 5) is 0. The highest BCUT2D eigenvalue weighted by molar-refractivity contribution is 7.15. The van der Waals surface area contributed by atoms with Crippen LogP contribution in [0.5, 0.6) is 0 Å². The molecule has 0 aliphatic heterocycles. The first-order chi connectivity index (χ1) is 8.99. The molecule has 0 aliphatic rings. The predicted octanol–water partition coefficient (Wildman–Crippen LogP) is 2.62. The van der Waals surface area contributed by atoms with Crippen molar-refractivity contribution in [2.75, 3.05) is 11.9 Å². The van der Waals surface area contributed by atoms with Gasteiger partial charge in [-0.25, -0.2) is 0 Å². The van der Waals surface area contributed by atoms with E-state index in [4.69, 9.17) is 0 Å². The van der Waals surface area contributed by atoms with E-state index in [1.54, 1.807) is 0 Å². The Hall–Kier alpha value is -1.64. The van der Waals surface area contributed by atoms with E-state index in [1.165, 1.54) is 22.2 Å². The number of nitrogens with one attached hydrogen (secondary N) is 1. The summed E-state index contributed by atoms with van der Waals surface area (Å²) in [7, 11) is 0. The Morgan fingerprint density at radius 1 is 1.37 bits per heavy atom. The quantitative estimate of drug-likeness (QED) is 0.920. The van der Waals surface area contributed by atoms with Crippen LogP contribution in [0.3, 0.4) is 0 Å². The second-order valence-corrected chi connectivity index (χ2v) is 4.89. The normalized spacial score (nSPS) is 11.8. The fraction of sp³-hybridized carbons (Fsp3) is 0.500. The van der Waals surface area contributed by atoms with Crippen molar-refractivity contribution < 1.29 is 13.2 Å². The van der Waals surface area contributed by atoms with E-state index in [0.29, 0.717) is 10.1 Å². The van der Waals surface area contributed by atoms with Gasteiger partial charge in [-0.2, -0.15) is 18.3 Å². The van der Waals surface area contributed by atoms with Crippen LogP contribution in [0.1, 0.15) is 24.0 Å². The fourth-order valence-electron chi connectivity index (χ4n) is 1.36. The lowest BCUT2D eigenvalue weighted by atomic mass is 10.4. The Morgan fingerprint density at radius 3 is 2.79 bits per heavy atom. The van der Waals surface area contributed by atoms with Gasteiger partial charge in [-0.3, -0.25) is 4.68 Å². The van der Waals surface area contributed by atoms with Crippen molar-refractivity contribution in [3.8, 4) is 0 Å². The Labute approximate surface area is 111 Å². The number of rotatable bonds is 5. The average molecular weight is 291 g/mol. The number of halogens is 3. The third-order valence-electron chi connectivity index (χ3n) is 2.22. The van der Waals surface area contributed by atoms with Crippen LogP contribution in [0.4, 0.5) is 18.3 Å². The van der Waals surface area contributed by atoms with Crippen LogP contribution >= 0.6 is 11.3 Å². The summed E-state index contributed by atoms with van der Waals surface area (Å²) in [6.45, 7) is 2.99. The minimum Gasteiger partial charge on any atom is -0.360 e. The van der Waals surface area contributed by atoms with Crippen molar-refractivity contribution in [3.05, 3.63) is 23.0 Å². The van der Waals surface area contributed by atoms with Gasteiger partial charge in [0.25, 0.3) is 0 Å². The second kappa shape index (κ2) is 5.55.